The summed E-state index contributed by atoms with van der Waals surface area (Å²) in [7, 11) is 0. The smallest absolute Gasteiger partial charge is 0.246 e. The van der Waals surface area contributed by atoms with E-state index < -0.39 is 0 Å². The predicted molar refractivity (Wildman–Crippen MR) is 83.3 cm³/mol. The highest BCUT2D eigenvalue weighted by Gasteiger charge is 2.13. The molecule has 1 aliphatic heterocycles. The molecule has 0 aliphatic carbocycles. The zero-order chi connectivity index (χ0) is 14.9. The molecule has 1 fully saturated rings. The van der Waals surface area contributed by atoms with E-state index in [-0.39, 0.29) is 5.91 Å². The molecule has 0 N–H and O–H groups in total. The second-order valence-electron chi connectivity index (χ2n) is 5.04. The van der Waals surface area contributed by atoms with Gasteiger partial charge in [0.2, 0.25) is 5.91 Å². The average Bonchev–Trinajstić information content (AvgIpc) is 2.55. The van der Waals surface area contributed by atoms with Crippen LogP contribution in [0.15, 0.2) is 30.3 Å². The predicted octanol–water partition coefficient (Wildman–Crippen LogP) is 2.74. The summed E-state index contributed by atoms with van der Waals surface area (Å²) < 4.78 is 10.8. The zero-order valence-electron chi connectivity index (χ0n) is 12.6. The highest BCUT2D eigenvalue weighted by atomic mass is 16.5. The van der Waals surface area contributed by atoms with Gasteiger partial charge in [-0.2, -0.15) is 0 Å². The molecule has 0 aromatic heterocycles. The highest BCUT2D eigenvalue weighted by Crippen LogP contribution is 2.14. The molecule has 4 nitrogen and oxygen atoms in total. The van der Waals surface area contributed by atoms with Gasteiger partial charge in [-0.15, -0.1) is 0 Å². The molecule has 1 saturated heterocycles. The molecule has 2 rings (SSSR count). The minimum Gasteiger partial charge on any atom is -0.494 e. The molecule has 1 aromatic rings. The van der Waals surface area contributed by atoms with E-state index in [1.807, 2.05) is 35.2 Å². The molecule has 0 bridgehead atoms. The van der Waals surface area contributed by atoms with Crippen LogP contribution in [-0.2, 0) is 9.53 Å². The second kappa shape index (κ2) is 8.47. The van der Waals surface area contributed by atoms with Gasteiger partial charge in [0, 0.05) is 19.2 Å². The van der Waals surface area contributed by atoms with E-state index in [0.29, 0.717) is 26.3 Å². The molecule has 4 heteroatoms. The first kappa shape index (κ1) is 15.6. The minimum atomic E-state index is 0.0431. The summed E-state index contributed by atoms with van der Waals surface area (Å²) in [5, 5.41) is 0. The van der Waals surface area contributed by atoms with Crippen molar-refractivity contribution in [3.05, 3.63) is 35.9 Å². The fraction of sp³-hybridized carbons (Fsp3) is 0.471. The maximum Gasteiger partial charge on any atom is 0.246 e. The monoisotopic (exact) mass is 289 g/mol. The molecular formula is C17H23NO3. The molecule has 1 aromatic carbocycles. The Balaban J connectivity index is 1.84. The van der Waals surface area contributed by atoms with Gasteiger partial charge in [-0.3, -0.25) is 4.79 Å². The number of benzene rings is 1. The molecule has 1 aliphatic rings. The van der Waals surface area contributed by atoms with Crippen molar-refractivity contribution in [2.24, 2.45) is 0 Å². The fourth-order valence-electron chi connectivity index (χ4n) is 2.07. The molecule has 0 atom stereocenters. The summed E-state index contributed by atoms with van der Waals surface area (Å²) in [4.78, 5) is 13.8. The van der Waals surface area contributed by atoms with E-state index >= 15 is 0 Å². The Hall–Kier alpha value is -1.81. The Bertz CT molecular complexity index is 461. The molecule has 21 heavy (non-hydrogen) atoms. The summed E-state index contributed by atoms with van der Waals surface area (Å²) >= 11 is 0. The number of morpholine rings is 1. The van der Waals surface area contributed by atoms with Crippen molar-refractivity contribution >= 4 is 12.0 Å². The molecule has 1 heterocycles. The summed E-state index contributed by atoms with van der Waals surface area (Å²) in [6.45, 7) is 5.50. The first-order valence-corrected chi connectivity index (χ1v) is 7.57. The van der Waals surface area contributed by atoms with Gasteiger partial charge < -0.3 is 14.4 Å². The van der Waals surface area contributed by atoms with Crippen LogP contribution < -0.4 is 4.74 Å². The molecule has 0 saturated carbocycles. The van der Waals surface area contributed by atoms with Crippen LogP contribution in [0.3, 0.4) is 0 Å². The van der Waals surface area contributed by atoms with E-state index in [2.05, 4.69) is 6.92 Å². The lowest BCUT2D eigenvalue weighted by Gasteiger charge is -2.25. The van der Waals surface area contributed by atoms with Crippen LogP contribution in [0.4, 0.5) is 0 Å². The minimum absolute atomic E-state index is 0.0431. The largest absolute Gasteiger partial charge is 0.494 e. The van der Waals surface area contributed by atoms with Gasteiger partial charge in [-0.05, 0) is 30.2 Å². The summed E-state index contributed by atoms with van der Waals surface area (Å²) in [6.07, 6.45) is 5.66. The lowest BCUT2D eigenvalue weighted by atomic mass is 10.2. The zero-order valence-corrected chi connectivity index (χ0v) is 12.6. The van der Waals surface area contributed by atoms with Crippen LogP contribution >= 0.6 is 0 Å². The number of amides is 1. The van der Waals surface area contributed by atoms with E-state index in [0.717, 1.165) is 30.8 Å². The maximum absolute atomic E-state index is 12.0. The van der Waals surface area contributed by atoms with Crippen molar-refractivity contribution in [2.45, 2.75) is 19.8 Å². The van der Waals surface area contributed by atoms with Gasteiger partial charge in [0.25, 0.3) is 0 Å². The first-order chi connectivity index (χ1) is 10.3. The van der Waals surface area contributed by atoms with Gasteiger partial charge in [-0.25, -0.2) is 0 Å². The summed E-state index contributed by atoms with van der Waals surface area (Å²) in [5.41, 5.74) is 0.999. The highest BCUT2D eigenvalue weighted by molar-refractivity contribution is 5.91. The molecule has 1 amide bonds. The molecule has 114 valence electrons. The number of ether oxygens (including phenoxy) is 2. The van der Waals surface area contributed by atoms with Crippen LogP contribution in [0.5, 0.6) is 5.75 Å². The quantitative estimate of drug-likeness (QED) is 0.597. The number of hydrogen-bond donors (Lipinski definition) is 0. The Labute approximate surface area is 126 Å². The van der Waals surface area contributed by atoms with Gasteiger partial charge in [0.05, 0.1) is 19.8 Å². The SMILES string of the molecule is CCCCOc1ccc(C=CC(=O)N2CCOCC2)cc1. The third kappa shape index (κ3) is 5.23. The van der Waals surface area contributed by atoms with E-state index in [9.17, 15) is 4.79 Å². The third-order valence-electron chi connectivity index (χ3n) is 3.39. The standard InChI is InChI=1S/C17H23NO3/c1-2-3-12-21-16-7-4-15(5-8-16)6-9-17(19)18-10-13-20-14-11-18/h4-9H,2-3,10-14H2,1H3. The summed E-state index contributed by atoms with van der Waals surface area (Å²) in [6, 6.07) is 7.80. The van der Waals surface area contributed by atoms with Crippen molar-refractivity contribution in [1.29, 1.82) is 0 Å². The molecule has 0 spiro atoms. The van der Waals surface area contributed by atoms with E-state index in [1.54, 1.807) is 6.08 Å². The van der Waals surface area contributed by atoms with Crippen molar-refractivity contribution in [3.63, 3.8) is 0 Å². The van der Waals surface area contributed by atoms with Crippen molar-refractivity contribution in [2.75, 3.05) is 32.9 Å². The van der Waals surface area contributed by atoms with Crippen LogP contribution in [0.2, 0.25) is 0 Å². The number of carbonyl (C=O) groups excluding carboxylic acids is 1. The van der Waals surface area contributed by atoms with Gasteiger partial charge in [0.15, 0.2) is 0 Å². The first-order valence-electron chi connectivity index (χ1n) is 7.57. The van der Waals surface area contributed by atoms with Crippen molar-refractivity contribution < 1.29 is 14.3 Å². The number of rotatable bonds is 6. The van der Waals surface area contributed by atoms with Crippen LogP contribution in [0, 0.1) is 0 Å². The molecule has 0 radical (unpaired) electrons. The Morgan fingerprint density at radius 2 is 2.00 bits per heavy atom. The maximum atomic E-state index is 12.0. The van der Waals surface area contributed by atoms with Gasteiger partial charge in [0.1, 0.15) is 5.75 Å². The van der Waals surface area contributed by atoms with Crippen molar-refractivity contribution in [1.82, 2.24) is 4.90 Å². The third-order valence-corrected chi connectivity index (χ3v) is 3.39. The number of hydrogen-bond acceptors (Lipinski definition) is 3. The lowest BCUT2D eigenvalue weighted by molar-refractivity contribution is -0.129. The van der Waals surface area contributed by atoms with Crippen LogP contribution in [-0.4, -0.2) is 43.7 Å². The van der Waals surface area contributed by atoms with Crippen molar-refractivity contribution in [3.8, 4) is 5.75 Å². The second-order valence-corrected chi connectivity index (χ2v) is 5.04. The fourth-order valence-corrected chi connectivity index (χ4v) is 2.07. The Kier molecular flexibility index (Phi) is 6.28. The Morgan fingerprint density at radius 3 is 2.67 bits per heavy atom. The molecular weight excluding hydrogens is 266 g/mol. The summed E-state index contributed by atoms with van der Waals surface area (Å²) in [5.74, 6) is 0.918. The number of unbranched alkanes of at least 4 members (excludes halogenated alkanes) is 1. The normalized spacial score (nSPS) is 15.4. The number of nitrogens with zero attached hydrogens (tertiary/aromatic N) is 1. The average molecular weight is 289 g/mol. The van der Waals surface area contributed by atoms with E-state index in [1.165, 1.54) is 0 Å². The lowest BCUT2D eigenvalue weighted by Crippen LogP contribution is -2.39. The van der Waals surface area contributed by atoms with Gasteiger partial charge >= 0.3 is 0 Å². The van der Waals surface area contributed by atoms with E-state index in [4.69, 9.17) is 9.47 Å². The Morgan fingerprint density at radius 1 is 1.29 bits per heavy atom. The van der Waals surface area contributed by atoms with Crippen LogP contribution in [0.25, 0.3) is 6.08 Å². The van der Waals surface area contributed by atoms with Crippen LogP contribution in [0.1, 0.15) is 25.3 Å². The van der Waals surface area contributed by atoms with Gasteiger partial charge in [-0.1, -0.05) is 25.5 Å². The molecule has 0 unspecified atom stereocenters. The topological polar surface area (TPSA) is 38.8 Å². The number of carbonyl (C=O) groups is 1.